The zero-order valence-electron chi connectivity index (χ0n) is 6.54. The maximum atomic E-state index is 8.33. The monoisotopic (exact) mass is 138 g/mol. The molecule has 0 fully saturated rings. The third-order valence-corrected chi connectivity index (χ3v) is 1.19. The van der Waals surface area contributed by atoms with E-state index in [0.29, 0.717) is 0 Å². The molecule has 0 saturated heterocycles. The Hall–Kier alpha value is -0.980. The molecule has 10 heavy (non-hydrogen) atoms. The van der Waals surface area contributed by atoms with Gasteiger partial charge in [0.1, 0.15) is 0 Å². The van der Waals surface area contributed by atoms with Crippen LogP contribution in [0.1, 0.15) is 20.3 Å². The lowest BCUT2D eigenvalue weighted by atomic mass is 10.2. The van der Waals surface area contributed by atoms with Gasteiger partial charge in [-0.05, 0) is 25.0 Å². The van der Waals surface area contributed by atoms with Gasteiger partial charge in [-0.2, -0.15) is 0 Å². The van der Waals surface area contributed by atoms with Gasteiger partial charge in [0, 0.05) is 0 Å². The highest BCUT2D eigenvalue weighted by molar-refractivity contribution is 5.22. The lowest BCUT2D eigenvalue weighted by Crippen LogP contribution is -1.71. The van der Waals surface area contributed by atoms with Crippen LogP contribution in [0.15, 0.2) is 36.1 Å². The lowest BCUT2D eigenvalue weighted by Gasteiger charge is -1.91. The molecule has 1 N–H and O–H groups in total. The first-order valence-corrected chi connectivity index (χ1v) is 3.47. The Bertz CT molecular complexity index is 152. The summed E-state index contributed by atoms with van der Waals surface area (Å²) in [6.07, 6.45) is 9.56. The molecule has 0 aliphatic rings. The summed E-state index contributed by atoms with van der Waals surface area (Å²) in [6.45, 7) is 4.06. The van der Waals surface area contributed by atoms with Crippen molar-refractivity contribution in [1.29, 1.82) is 0 Å². The first-order chi connectivity index (χ1) is 4.85. The minimum Gasteiger partial charge on any atom is -0.516 e. The van der Waals surface area contributed by atoms with E-state index in [2.05, 4.69) is 6.92 Å². The number of hydrogen-bond donors (Lipinski definition) is 1. The fraction of sp³-hybridized carbons (Fsp3) is 0.333. The maximum Gasteiger partial charge on any atom is 0.0791 e. The summed E-state index contributed by atoms with van der Waals surface area (Å²) in [7, 11) is 0. The zero-order valence-corrected chi connectivity index (χ0v) is 6.54. The van der Waals surface area contributed by atoms with Crippen molar-refractivity contribution in [3.05, 3.63) is 36.1 Å². The Kier molecular flexibility index (Phi) is 5.54. The van der Waals surface area contributed by atoms with Gasteiger partial charge in [-0.25, -0.2) is 0 Å². The van der Waals surface area contributed by atoms with E-state index in [9.17, 15) is 0 Å². The molecule has 0 heterocycles. The second-order valence-corrected chi connectivity index (χ2v) is 1.94. The fourth-order valence-corrected chi connectivity index (χ4v) is 0.672. The Labute approximate surface area is 62.4 Å². The number of rotatable bonds is 3. The average molecular weight is 138 g/mol. The predicted octanol–water partition coefficient (Wildman–Crippen LogP) is 2.97. The largest absolute Gasteiger partial charge is 0.516 e. The van der Waals surface area contributed by atoms with Crippen LogP contribution >= 0.6 is 0 Å². The second-order valence-electron chi connectivity index (χ2n) is 1.94. The van der Waals surface area contributed by atoms with Gasteiger partial charge in [-0.3, -0.25) is 0 Å². The Morgan fingerprint density at radius 3 is 2.60 bits per heavy atom. The minimum absolute atomic E-state index is 0.995. The van der Waals surface area contributed by atoms with E-state index in [1.54, 1.807) is 6.08 Å². The molecule has 1 nitrogen and oxygen atoms in total. The van der Waals surface area contributed by atoms with Crippen molar-refractivity contribution in [2.75, 3.05) is 0 Å². The molecule has 0 aromatic rings. The molecule has 0 aromatic carbocycles. The van der Waals surface area contributed by atoms with Crippen LogP contribution in [0.25, 0.3) is 0 Å². The molecule has 0 atom stereocenters. The fourth-order valence-electron chi connectivity index (χ4n) is 0.672. The van der Waals surface area contributed by atoms with Crippen LogP contribution in [-0.2, 0) is 0 Å². The van der Waals surface area contributed by atoms with Crippen LogP contribution in [-0.4, -0.2) is 5.11 Å². The summed E-state index contributed by atoms with van der Waals surface area (Å²) in [4.78, 5) is 0. The van der Waals surface area contributed by atoms with E-state index >= 15 is 0 Å². The van der Waals surface area contributed by atoms with Gasteiger partial charge >= 0.3 is 0 Å². The minimum atomic E-state index is 0.995. The third-order valence-electron chi connectivity index (χ3n) is 1.19. The predicted molar refractivity (Wildman–Crippen MR) is 45.0 cm³/mol. The Morgan fingerprint density at radius 1 is 1.50 bits per heavy atom. The topological polar surface area (TPSA) is 20.2 Å². The Balaban J connectivity index is 4.04. The summed E-state index contributed by atoms with van der Waals surface area (Å²) < 4.78 is 0. The van der Waals surface area contributed by atoms with Gasteiger partial charge in [0.15, 0.2) is 0 Å². The van der Waals surface area contributed by atoms with Crippen molar-refractivity contribution in [2.45, 2.75) is 20.3 Å². The molecular weight excluding hydrogens is 124 g/mol. The molecule has 0 rings (SSSR count). The molecule has 0 amide bonds. The quantitative estimate of drug-likeness (QED) is 0.469. The summed E-state index contributed by atoms with van der Waals surface area (Å²) in [6, 6.07) is 0. The normalized spacial score (nSPS) is 13.6. The van der Waals surface area contributed by atoms with Gasteiger partial charge in [-0.15, -0.1) is 0 Å². The smallest absolute Gasteiger partial charge is 0.0791 e. The van der Waals surface area contributed by atoms with Gasteiger partial charge in [0.25, 0.3) is 0 Å². The van der Waals surface area contributed by atoms with Crippen molar-refractivity contribution in [2.24, 2.45) is 0 Å². The summed E-state index contributed by atoms with van der Waals surface area (Å²) in [5, 5.41) is 8.33. The lowest BCUT2D eigenvalue weighted by molar-refractivity contribution is 0.473. The van der Waals surface area contributed by atoms with E-state index in [1.165, 1.54) is 5.57 Å². The first-order valence-electron chi connectivity index (χ1n) is 3.47. The number of hydrogen-bond acceptors (Lipinski definition) is 1. The first kappa shape index (κ1) is 9.02. The van der Waals surface area contributed by atoms with Crippen molar-refractivity contribution in [3.8, 4) is 0 Å². The van der Waals surface area contributed by atoms with Crippen LogP contribution in [0.4, 0.5) is 0 Å². The molecule has 1 heteroatoms. The number of aliphatic hydroxyl groups is 1. The van der Waals surface area contributed by atoms with Crippen LogP contribution in [0.2, 0.25) is 0 Å². The molecule has 0 aliphatic carbocycles. The van der Waals surface area contributed by atoms with Gasteiger partial charge in [0.2, 0.25) is 0 Å². The highest BCUT2D eigenvalue weighted by Crippen LogP contribution is 2.01. The van der Waals surface area contributed by atoms with Crippen LogP contribution < -0.4 is 0 Å². The number of aliphatic hydroxyl groups excluding tert-OH is 1. The average Bonchev–Trinajstić information content (AvgIpc) is 1.98. The molecule has 0 aliphatic heterocycles. The molecule has 56 valence electrons. The van der Waals surface area contributed by atoms with Crippen LogP contribution in [0, 0.1) is 0 Å². The molecule has 0 spiro atoms. The molecule has 0 unspecified atom stereocenters. The second kappa shape index (κ2) is 6.14. The van der Waals surface area contributed by atoms with Gasteiger partial charge < -0.3 is 5.11 Å². The molecule has 0 radical (unpaired) electrons. The van der Waals surface area contributed by atoms with Crippen molar-refractivity contribution < 1.29 is 5.11 Å². The third kappa shape index (κ3) is 3.96. The van der Waals surface area contributed by atoms with Crippen molar-refractivity contribution in [3.63, 3.8) is 0 Å². The van der Waals surface area contributed by atoms with Gasteiger partial charge in [-0.1, -0.05) is 25.2 Å². The van der Waals surface area contributed by atoms with E-state index < -0.39 is 0 Å². The van der Waals surface area contributed by atoms with Crippen molar-refractivity contribution >= 4 is 0 Å². The summed E-state index contributed by atoms with van der Waals surface area (Å²) >= 11 is 0. The SMILES string of the molecule is C\C=C/C(=C\C=C\O)CC. The van der Waals surface area contributed by atoms with Crippen LogP contribution in [0.3, 0.4) is 0 Å². The van der Waals surface area contributed by atoms with Gasteiger partial charge in [0.05, 0.1) is 6.26 Å². The highest BCUT2D eigenvalue weighted by atomic mass is 16.2. The van der Waals surface area contributed by atoms with Crippen LogP contribution in [0.5, 0.6) is 0 Å². The van der Waals surface area contributed by atoms with E-state index in [-0.39, 0.29) is 0 Å². The summed E-state index contributed by atoms with van der Waals surface area (Å²) in [5.41, 5.74) is 1.22. The highest BCUT2D eigenvalue weighted by Gasteiger charge is 1.81. The van der Waals surface area contributed by atoms with E-state index in [0.717, 1.165) is 12.7 Å². The number of allylic oxidation sites excluding steroid dienone is 5. The Morgan fingerprint density at radius 2 is 2.20 bits per heavy atom. The van der Waals surface area contributed by atoms with E-state index in [4.69, 9.17) is 5.11 Å². The van der Waals surface area contributed by atoms with E-state index in [1.807, 2.05) is 25.2 Å². The molecule has 0 bridgehead atoms. The summed E-state index contributed by atoms with van der Waals surface area (Å²) in [5.74, 6) is 0. The zero-order chi connectivity index (χ0) is 7.82. The molecular formula is C9H14O. The maximum absolute atomic E-state index is 8.33. The molecule has 0 aromatic heterocycles. The van der Waals surface area contributed by atoms with Crippen molar-refractivity contribution in [1.82, 2.24) is 0 Å². The standard InChI is InChI=1S/C9H14O/c1-3-6-9(4-2)7-5-8-10/h3,5-8,10H,4H2,1-2H3/b6-3-,8-5+,9-7-. The molecule has 0 saturated carbocycles.